The number of Topliss-reactive ketones (excluding diaryl/α,β-unsaturated/α-hetero) is 1. The van der Waals surface area contributed by atoms with Crippen LogP contribution in [0.5, 0.6) is 0 Å². The van der Waals surface area contributed by atoms with E-state index >= 15 is 0 Å². The Morgan fingerprint density at radius 2 is 1.62 bits per heavy atom. The molecule has 1 aromatic carbocycles. The number of esters is 1. The molecule has 3 N–H and O–H groups in total. The van der Waals surface area contributed by atoms with E-state index in [9.17, 15) is 28.8 Å². The van der Waals surface area contributed by atoms with E-state index in [-0.39, 0.29) is 48.5 Å². The molecule has 1 heterocycles. The Balaban J connectivity index is 1.41. The van der Waals surface area contributed by atoms with Crippen molar-refractivity contribution in [1.29, 1.82) is 0 Å². The third-order valence-corrected chi connectivity index (χ3v) is 10.8. The smallest absolute Gasteiger partial charge is 0.408 e. The molecule has 12 nitrogen and oxygen atoms in total. The molecule has 4 amide bonds. The Kier molecular flexibility index (Phi) is 13.5. The second-order valence-corrected chi connectivity index (χ2v) is 17.1. The Labute approximate surface area is 314 Å². The first-order chi connectivity index (χ1) is 24.8. The molecule has 2 saturated carbocycles. The number of ether oxygens (including phenoxy) is 2. The number of nitrogens with one attached hydrogen (secondary N) is 3. The summed E-state index contributed by atoms with van der Waals surface area (Å²) in [6, 6.07) is 6.72. The van der Waals surface area contributed by atoms with Crippen LogP contribution >= 0.6 is 0 Å². The molecule has 5 atom stereocenters. The summed E-state index contributed by atoms with van der Waals surface area (Å²) in [7, 11) is 0. The maximum atomic E-state index is 14.4. The summed E-state index contributed by atoms with van der Waals surface area (Å²) in [6.45, 7) is 17.0. The summed E-state index contributed by atoms with van der Waals surface area (Å²) >= 11 is 0. The maximum absolute atomic E-state index is 14.4. The molecule has 0 bridgehead atoms. The highest BCUT2D eigenvalue weighted by molar-refractivity contribution is 6.38. The van der Waals surface area contributed by atoms with E-state index in [0.717, 1.165) is 37.7 Å². The van der Waals surface area contributed by atoms with Gasteiger partial charge >= 0.3 is 12.1 Å². The zero-order chi connectivity index (χ0) is 39.1. The monoisotopic (exact) mass is 736 g/mol. The summed E-state index contributed by atoms with van der Waals surface area (Å²) in [6.07, 6.45) is 6.24. The number of allylic oxidation sites excluding steroid dienone is 1. The van der Waals surface area contributed by atoms with Crippen molar-refractivity contribution in [2.75, 3.05) is 13.1 Å². The van der Waals surface area contributed by atoms with Gasteiger partial charge < -0.3 is 30.3 Å². The van der Waals surface area contributed by atoms with E-state index in [1.54, 1.807) is 31.7 Å². The zero-order valence-corrected chi connectivity index (χ0v) is 32.6. The van der Waals surface area contributed by atoms with Gasteiger partial charge in [0.25, 0.3) is 5.91 Å². The van der Waals surface area contributed by atoms with Crippen LogP contribution in [0.3, 0.4) is 0 Å². The van der Waals surface area contributed by atoms with Gasteiger partial charge in [0.1, 0.15) is 23.3 Å². The van der Waals surface area contributed by atoms with Crippen LogP contribution < -0.4 is 16.0 Å². The number of likely N-dealkylation sites (tertiary alicyclic amines) is 1. The van der Waals surface area contributed by atoms with E-state index < -0.39 is 59.0 Å². The van der Waals surface area contributed by atoms with Crippen molar-refractivity contribution in [2.24, 2.45) is 23.2 Å². The number of amides is 4. The molecule has 3 fully saturated rings. The van der Waals surface area contributed by atoms with Gasteiger partial charge in [-0.25, -0.2) is 4.79 Å². The third-order valence-electron chi connectivity index (χ3n) is 10.8. The van der Waals surface area contributed by atoms with Crippen molar-refractivity contribution in [3.63, 3.8) is 0 Å². The lowest BCUT2D eigenvalue weighted by molar-refractivity contribution is -0.156. The van der Waals surface area contributed by atoms with Gasteiger partial charge in [0.2, 0.25) is 17.6 Å². The standard InChI is InChI=1S/C41H60N4O8/c1-9-10-21-29(34(47)36(49)42-23-22-30(46)52-40(5,6)24-26-17-13-11-14-18-26)43-35(48)33-31-28(41(31,7)8)25-45(33)37(50)32(27-19-15-12-16-20-27)44-38(51)53-39(2,3)4/h9,11,13-14,17-18,27-29,31-33H,1,10,12,15-16,19-25H2,2-8H3,(H,42,49)(H,43,48)(H,44,51). The lowest BCUT2D eigenvalue weighted by Gasteiger charge is -2.37. The van der Waals surface area contributed by atoms with Crippen molar-refractivity contribution < 1.29 is 38.2 Å². The molecule has 0 aromatic heterocycles. The van der Waals surface area contributed by atoms with Crippen LogP contribution in [-0.2, 0) is 39.9 Å². The summed E-state index contributed by atoms with van der Waals surface area (Å²) in [5.41, 5.74) is -0.719. The number of alkyl carbamates (subject to hydrolysis) is 1. The van der Waals surface area contributed by atoms with Gasteiger partial charge in [-0.05, 0) is 89.0 Å². The Bertz CT molecular complexity index is 1510. The molecule has 53 heavy (non-hydrogen) atoms. The number of carbonyl (C=O) groups is 6. The molecule has 1 saturated heterocycles. The molecule has 2 aliphatic carbocycles. The summed E-state index contributed by atoms with van der Waals surface area (Å²) < 4.78 is 11.2. The number of rotatable bonds is 16. The fourth-order valence-corrected chi connectivity index (χ4v) is 8.09. The Morgan fingerprint density at radius 1 is 0.962 bits per heavy atom. The lowest BCUT2D eigenvalue weighted by atomic mass is 9.83. The van der Waals surface area contributed by atoms with Crippen LogP contribution in [0.25, 0.3) is 0 Å². The first kappa shape index (κ1) is 41.5. The minimum Gasteiger partial charge on any atom is -0.459 e. The SMILES string of the molecule is C=CCCC(NC(=O)C1C2C(CN1C(=O)C(NC(=O)OC(C)(C)C)C1CCCCC1)C2(C)C)C(=O)C(=O)NCCC(=O)OC(C)(C)Cc1ccccc1. The van der Waals surface area contributed by atoms with Crippen molar-refractivity contribution >= 4 is 35.6 Å². The molecule has 0 radical (unpaired) electrons. The number of benzene rings is 1. The number of nitrogens with zero attached hydrogens (tertiary/aromatic N) is 1. The molecule has 12 heteroatoms. The van der Waals surface area contributed by atoms with Crippen LogP contribution in [0.4, 0.5) is 4.79 Å². The number of carbonyl (C=O) groups excluding carboxylic acids is 6. The second-order valence-electron chi connectivity index (χ2n) is 17.1. The molecule has 4 rings (SSSR count). The lowest BCUT2D eigenvalue weighted by Crippen LogP contribution is -2.59. The van der Waals surface area contributed by atoms with Crippen LogP contribution in [0.15, 0.2) is 43.0 Å². The normalized spacial score (nSPS) is 22.0. The van der Waals surface area contributed by atoms with Crippen LogP contribution in [0.1, 0.15) is 105 Å². The molecular weight excluding hydrogens is 676 g/mol. The van der Waals surface area contributed by atoms with Gasteiger partial charge in [0, 0.05) is 19.5 Å². The van der Waals surface area contributed by atoms with Crippen molar-refractivity contribution in [3.05, 3.63) is 48.6 Å². The molecular formula is C41H60N4O8. The van der Waals surface area contributed by atoms with Crippen LogP contribution in [0.2, 0.25) is 0 Å². The van der Waals surface area contributed by atoms with Gasteiger partial charge in [-0.3, -0.25) is 24.0 Å². The van der Waals surface area contributed by atoms with Crippen molar-refractivity contribution in [2.45, 2.75) is 136 Å². The fourth-order valence-electron chi connectivity index (χ4n) is 8.09. The molecule has 1 aliphatic heterocycles. The topological polar surface area (TPSA) is 160 Å². The number of ketones is 1. The van der Waals surface area contributed by atoms with E-state index in [1.165, 1.54) is 0 Å². The Morgan fingerprint density at radius 3 is 2.25 bits per heavy atom. The number of fused-ring (bicyclic) bond motifs is 1. The van der Waals surface area contributed by atoms with E-state index in [2.05, 4.69) is 36.4 Å². The Hall–Kier alpha value is -4.22. The molecule has 1 aromatic rings. The average molecular weight is 737 g/mol. The van der Waals surface area contributed by atoms with E-state index in [1.807, 2.05) is 44.2 Å². The highest BCUT2D eigenvalue weighted by Crippen LogP contribution is 2.65. The fraction of sp³-hybridized carbons (Fsp3) is 0.659. The zero-order valence-electron chi connectivity index (χ0n) is 32.6. The molecule has 292 valence electrons. The molecule has 5 unspecified atom stereocenters. The average Bonchev–Trinajstić information content (AvgIpc) is 3.38. The highest BCUT2D eigenvalue weighted by Gasteiger charge is 2.69. The first-order valence-corrected chi connectivity index (χ1v) is 19.1. The largest absolute Gasteiger partial charge is 0.459 e. The van der Waals surface area contributed by atoms with Crippen molar-refractivity contribution in [1.82, 2.24) is 20.9 Å². The number of piperidine rings is 1. The summed E-state index contributed by atoms with van der Waals surface area (Å²) in [5, 5.41) is 8.16. The maximum Gasteiger partial charge on any atom is 0.408 e. The van der Waals surface area contributed by atoms with Crippen molar-refractivity contribution in [3.8, 4) is 0 Å². The highest BCUT2D eigenvalue weighted by atomic mass is 16.6. The minimum atomic E-state index is -1.18. The minimum absolute atomic E-state index is 0.0683. The van der Waals surface area contributed by atoms with E-state index in [4.69, 9.17) is 9.47 Å². The molecule has 0 spiro atoms. The predicted octanol–water partition coefficient (Wildman–Crippen LogP) is 5.03. The third kappa shape index (κ3) is 11.1. The van der Waals surface area contributed by atoms with Gasteiger partial charge in [-0.15, -0.1) is 6.58 Å². The van der Waals surface area contributed by atoms with Gasteiger partial charge in [-0.2, -0.15) is 0 Å². The first-order valence-electron chi connectivity index (χ1n) is 19.1. The summed E-state index contributed by atoms with van der Waals surface area (Å²) in [4.78, 5) is 82.2. The number of hydrogen-bond acceptors (Lipinski definition) is 8. The van der Waals surface area contributed by atoms with Crippen LogP contribution in [0, 0.1) is 23.2 Å². The molecule has 3 aliphatic rings. The van der Waals surface area contributed by atoms with Gasteiger partial charge in [-0.1, -0.05) is 69.5 Å². The summed E-state index contributed by atoms with van der Waals surface area (Å²) in [5.74, 6) is -3.34. The number of hydrogen-bond donors (Lipinski definition) is 3. The predicted molar refractivity (Wildman–Crippen MR) is 200 cm³/mol. The van der Waals surface area contributed by atoms with E-state index in [0.29, 0.717) is 19.4 Å². The van der Waals surface area contributed by atoms with Gasteiger partial charge in [0.15, 0.2) is 0 Å². The second kappa shape index (κ2) is 17.3. The van der Waals surface area contributed by atoms with Gasteiger partial charge in [0.05, 0.1) is 12.5 Å². The quantitative estimate of drug-likeness (QED) is 0.121. The van der Waals surface area contributed by atoms with Crippen LogP contribution in [-0.4, -0.2) is 82.9 Å².